The van der Waals surface area contributed by atoms with Gasteiger partial charge in [-0.2, -0.15) is 0 Å². The molecular formula is C23H31ClN2O5. The normalized spacial score (nSPS) is 16.6. The molecular weight excluding hydrogens is 420 g/mol. The molecule has 0 unspecified atom stereocenters. The van der Waals surface area contributed by atoms with Crippen LogP contribution in [0.2, 0.25) is 0 Å². The third-order valence-electron chi connectivity index (χ3n) is 5.28. The number of hydrogen-bond donors (Lipinski definition) is 1. The number of benzene rings is 1. The molecule has 1 saturated heterocycles. The molecule has 1 aliphatic rings. The van der Waals surface area contributed by atoms with Gasteiger partial charge in [0.15, 0.2) is 5.78 Å². The number of rotatable bonds is 12. The number of carbonyl (C=O) groups excluding carboxylic acids is 4. The van der Waals surface area contributed by atoms with Crippen molar-refractivity contribution in [2.75, 3.05) is 25.5 Å². The summed E-state index contributed by atoms with van der Waals surface area (Å²) in [7, 11) is 0. The number of Topliss-reactive ketones (excluding diaryl/α,β-unsaturated/α-hetero) is 1. The van der Waals surface area contributed by atoms with E-state index in [-0.39, 0.29) is 55.5 Å². The number of alkyl halides is 1. The summed E-state index contributed by atoms with van der Waals surface area (Å²) in [5.74, 6) is -2.18. The molecule has 170 valence electrons. The average Bonchev–Trinajstić information content (AvgIpc) is 3.15. The van der Waals surface area contributed by atoms with Gasteiger partial charge in [0.25, 0.3) is 0 Å². The molecule has 0 aliphatic carbocycles. The van der Waals surface area contributed by atoms with Crippen molar-refractivity contribution in [1.29, 1.82) is 0 Å². The van der Waals surface area contributed by atoms with Crippen LogP contribution in [0.5, 0.6) is 0 Å². The Morgan fingerprint density at radius 3 is 2.52 bits per heavy atom. The summed E-state index contributed by atoms with van der Waals surface area (Å²) in [6.45, 7) is 4.63. The number of nitrogens with one attached hydrogen (secondary N) is 1. The highest BCUT2D eigenvalue weighted by molar-refractivity contribution is 6.27. The van der Waals surface area contributed by atoms with E-state index < -0.39 is 17.8 Å². The summed E-state index contributed by atoms with van der Waals surface area (Å²) in [5, 5.41) is 2.73. The van der Waals surface area contributed by atoms with Gasteiger partial charge in [0.05, 0.1) is 18.9 Å². The molecule has 0 bridgehead atoms. The largest absolute Gasteiger partial charge is 0.461 e. The summed E-state index contributed by atoms with van der Waals surface area (Å²) < 4.78 is 5.34. The molecule has 0 aromatic heterocycles. The van der Waals surface area contributed by atoms with Crippen molar-refractivity contribution in [3.8, 4) is 0 Å². The number of ketones is 1. The molecule has 1 heterocycles. The van der Waals surface area contributed by atoms with E-state index in [9.17, 15) is 19.2 Å². The van der Waals surface area contributed by atoms with E-state index in [2.05, 4.69) is 5.32 Å². The van der Waals surface area contributed by atoms with Gasteiger partial charge in [-0.15, -0.1) is 11.6 Å². The van der Waals surface area contributed by atoms with Crippen LogP contribution in [0.4, 0.5) is 0 Å². The standard InChI is InChI=1S/C23H31ClN2O5/c1-16(2)10-19(11-22(29)31-15-17-6-4-3-5-7-17)20(27)14-26(21(28)12-24)13-18-8-9-25-23(18)30/h3-7,16,18-19H,8-15H2,1-2H3,(H,25,30)/t18-,19-/m0/s1. The van der Waals surface area contributed by atoms with Gasteiger partial charge in [-0.1, -0.05) is 44.2 Å². The minimum absolute atomic E-state index is 0.0450. The van der Waals surface area contributed by atoms with Gasteiger partial charge < -0.3 is 15.0 Å². The Morgan fingerprint density at radius 1 is 1.23 bits per heavy atom. The number of carbonyl (C=O) groups is 4. The molecule has 0 spiro atoms. The molecule has 2 amide bonds. The van der Waals surface area contributed by atoms with Crippen LogP contribution < -0.4 is 5.32 Å². The van der Waals surface area contributed by atoms with Gasteiger partial charge >= 0.3 is 5.97 Å². The van der Waals surface area contributed by atoms with E-state index in [1.165, 1.54) is 4.90 Å². The van der Waals surface area contributed by atoms with E-state index in [0.29, 0.717) is 19.4 Å². The van der Waals surface area contributed by atoms with Gasteiger partial charge in [-0.05, 0) is 24.3 Å². The molecule has 8 heteroatoms. The van der Waals surface area contributed by atoms with Gasteiger partial charge in [-0.25, -0.2) is 0 Å². The third kappa shape index (κ3) is 8.32. The maximum atomic E-state index is 13.0. The maximum absolute atomic E-state index is 13.0. The van der Waals surface area contributed by atoms with E-state index in [1.807, 2.05) is 44.2 Å². The molecule has 1 aromatic rings. The Bertz CT molecular complexity index is 768. The average molecular weight is 451 g/mol. The number of esters is 1. The number of ether oxygens (including phenoxy) is 1. The van der Waals surface area contributed by atoms with Crippen LogP contribution in [-0.2, 0) is 30.5 Å². The van der Waals surface area contributed by atoms with Gasteiger partial charge in [-0.3, -0.25) is 19.2 Å². The highest BCUT2D eigenvalue weighted by Gasteiger charge is 2.31. The summed E-state index contributed by atoms with van der Waals surface area (Å²) in [6, 6.07) is 9.33. The van der Waals surface area contributed by atoms with Crippen molar-refractivity contribution in [2.24, 2.45) is 17.8 Å². The van der Waals surface area contributed by atoms with Crippen LogP contribution in [-0.4, -0.2) is 54.0 Å². The number of hydrogen-bond acceptors (Lipinski definition) is 5. The smallest absolute Gasteiger partial charge is 0.306 e. The van der Waals surface area contributed by atoms with Crippen molar-refractivity contribution in [2.45, 2.75) is 39.7 Å². The van der Waals surface area contributed by atoms with Gasteiger partial charge in [0.2, 0.25) is 11.8 Å². The summed E-state index contributed by atoms with van der Waals surface area (Å²) in [6.07, 6.45) is 1.07. The Labute approximate surface area is 188 Å². The first kappa shape index (κ1) is 24.9. The molecule has 1 aliphatic heterocycles. The molecule has 2 atom stereocenters. The molecule has 2 rings (SSSR count). The van der Waals surface area contributed by atoms with Crippen LogP contribution in [0.3, 0.4) is 0 Å². The fraction of sp³-hybridized carbons (Fsp3) is 0.565. The van der Waals surface area contributed by atoms with Crippen LogP contribution in [0, 0.1) is 17.8 Å². The molecule has 1 aromatic carbocycles. The molecule has 1 fully saturated rings. The molecule has 0 radical (unpaired) electrons. The Balaban J connectivity index is 1.99. The lowest BCUT2D eigenvalue weighted by Gasteiger charge is -2.26. The summed E-state index contributed by atoms with van der Waals surface area (Å²) in [5.41, 5.74) is 0.872. The topological polar surface area (TPSA) is 92.8 Å². The van der Waals surface area contributed by atoms with Crippen LogP contribution in [0.1, 0.15) is 38.7 Å². The van der Waals surface area contributed by atoms with E-state index in [1.54, 1.807) is 0 Å². The minimum Gasteiger partial charge on any atom is -0.461 e. The first-order chi connectivity index (χ1) is 14.8. The Hall–Kier alpha value is -2.41. The van der Waals surface area contributed by atoms with Gasteiger partial charge in [0, 0.05) is 19.0 Å². The second-order valence-corrected chi connectivity index (χ2v) is 8.59. The van der Waals surface area contributed by atoms with E-state index >= 15 is 0 Å². The first-order valence-corrected chi connectivity index (χ1v) is 11.2. The second kappa shape index (κ2) is 12.4. The summed E-state index contributed by atoms with van der Waals surface area (Å²) in [4.78, 5) is 50.9. The fourth-order valence-electron chi connectivity index (χ4n) is 3.64. The van der Waals surface area contributed by atoms with Gasteiger partial charge in [0.1, 0.15) is 12.5 Å². The predicted molar refractivity (Wildman–Crippen MR) is 117 cm³/mol. The van der Waals surface area contributed by atoms with Crippen molar-refractivity contribution in [3.63, 3.8) is 0 Å². The zero-order valence-corrected chi connectivity index (χ0v) is 18.9. The van der Waals surface area contributed by atoms with Crippen LogP contribution in [0.15, 0.2) is 30.3 Å². The third-order valence-corrected chi connectivity index (χ3v) is 5.51. The van der Waals surface area contributed by atoms with E-state index in [4.69, 9.17) is 16.3 Å². The van der Waals surface area contributed by atoms with Crippen LogP contribution in [0.25, 0.3) is 0 Å². The zero-order chi connectivity index (χ0) is 22.8. The molecule has 0 saturated carbocycles. The Morgan fingerprint density at radius 2 is 1.94 bits per heavy atom. The van der Waals surface area contributed by atoms with Crippen LogP contribution >= 0.6 is 11.6 Å². The highest BCUT2D eigenvalue weighted by atomic mass is 35.5. The number of amides is 2. The Kier molecular flexibility index (Phi) is 9.98. The lowest BCUT2D eigenvalue weighted by molar-refractivity contribution is -0.148. The lowest BCUT2D eigenvalue weighted by atomic mass is 9.90. The number of nitrogens with zero attached hydrogens (tertiary/aromatic N) is 1. The van der Waals surface area contributed by atoms with Crippen molar-refractivity contribution >= 4 is 35.2 Å². The minimum atomic E-state index is -0.564. The SMILES string of the molecule is CC(C)C[C@@H](CC(=O)OCc1ccccc1)C(=O)CN(C[C@@H]1CCNC1=O)C(=O)CCl. The molecule has 7 nitrogen and oxygen atoms in total. The number of halogens is 1. The van der Waals surface area contributed by atoms with E-state index in [0.717, 1.165) is 5.56 Å². The molecule has 1 N–H and O–H groups in total. The van der Waals surface area contributed by atoms with Crippen molar-refractivity contribution in [3.05, 3.63) is 35.9 Å². The highest BCUT2D eigenvalue weighted by Crippen LogP contribution is 2.20. The van der Waals surface area contributed by atoms with Crippen molar-refractivity contribution in [1.82, 2.24) is 10.2 Å². The predicted octanol–water partition coefficient (Wildman–Crippen LogP) is 2.55. The summed E-state index contributed by atoms with van der Waals surface area (Å²) >= 11 is 5.72. The lowest BCUT2D eigenvalue weighted by Crippen LogP contribution is -2.43. The fourth-order valence-corrected chi connectivity index (χ4v) is 3.81. The first-order valence-electron chi connectivity index (χ1n) is 10.6. The molecule has 31 heavy (non-hydrogen) atoms. The second-order valence-electron chi connectivity index (χ2n) is 8.33. The maximum Gasteiger partial charge on any atom is 0.306 e. The quantitative estimate of drug-likeness (QED) is 0.390. The monoisotopic (exact) mass is 450 g/mol. The van der Waals surface area contributed by atoms with Crippen molar-refractivity contribution < 1.29 is 23.9 Å². The zero-order valence-electron chi connectivity index (χ0n) is 18.1.